The van der Waals surface area contributed by atoms with Crippen LogP contribution in [0, 0.1) is 12.5 Å². The molecular weight excluding hydrogens is 176 g/mol. The van der Waals surface area contributed by atoms with Crippen LogP contribution in [0.4, 0.5) is 0 Å². The molecule has 0 aliphatic carbocycles. The summed E-state index contributed by atoms with van der Waals surface area (Å²) in [5.41, 5.74) is 18.6. The molecule has 0 saturated carbocycles. The van der Waals surface area contributed by atoms with Gasteiger partial charge in [-0.25, -0.2) is 0 Å². The highest BCUT2D eigenvalue weighted by atomic mass is 15.1. The van der Waals surface area contributed by atoms with E-state index in [1.54, 1.807) is 14.0 Å². The number of hydrogen-bond acceptors (Lipinski definition) is 4. The van der Waals surface area contributed by atoms with E-state index >= 15 is 0 Å². The van der Waals surface area contributed by atoms with Crippen LogP contribution in [-0.4, -0.2) is 11.9 Å². The van der Waals surface area contributed by atoms with Crippen LogP contribution in [0.25, 0.3) is 0 Å². The van der Waals surface area contributed by atoms with Gasteiger partial charge in [0.15, 0.2) is 0 Å². The maximum atomic E-state index is 5.67. The van der Waals surface area contributed by atoms with E-state index in [1.807, 2.05) is 0 Å². The number of nitrogens with two attached hydrogens (primary N) is 3. The molecule has 76 valence electrons. The first-order valence-corrected chi connectivity index (χ1v) is 3.98. The second kappa shape index (κ2) is 4.87. The summed E-state index contributed by atoms with van der Waals surface area (Å²) in [7, 11) is 1.68. The number of terminal acetylenes is 1. The van der Waals surface area contributed by atoms with Gasteiger partial charge < -0.3 is 22.1 Å². The van der Waals surface area contributed by atoms with Crippen molar-refractivity contribution in [1.82, 2.24) is 4.90 Å². The van der Waals surface area contributed by atoms with Crippen molar-refractivity contribution in [2.45, 2.75) is 6.92 Å². The molecule has 4 nitrogen and oxygen atoms in total. The fraction of sp³-hybridized carbons (Fsp3) is 0.200. The van der Waals surface area contributed by atoms with Gasteiger partial charge in [0.1, 0.15) is 0 Å². The third kappa shape index (κ3) is 3.15. The van der Waals surface area contributed by atoms with Gasteiger partial charge >= 0.3 is 0 Å². The third-order valence-electron chi connectivity index (χ3n) is 1.60. The Morgan fingerprint density at radius 2 is 1.86 bits per heavy atom. The van der Waals surface area contributed by atoms with Crippen LogP contribution in [0.5, 0.6) is 0 Å². The van der Waals surface area contributed by atoms with Gasteiger partial charge in [-0.2, -0.15) is 0 Å². The molecule has 0 rings (SSSR count). The molecule has 0 aliphatic rings. The maximum absolute atomic E-state index is 5.67. The lowest BCUT2D eigenvalue weighted by Gasteiger charge is -2.10. The monoisotopic (exact) mass is 192 g/mol. The lowest BCUT2D eigenvalue weighted by Crippen LogP contribution is -2.19. The largest absolute Gasteiger partial charge is 0.397 e. The van der Waals surface area contributed by atoms with Crippen molar-refractivity contribution in [3.63, 3.8) is 0 Å². The van der Waals surface area contributed by atoms with E-state index in [1.165, 1.54) is 11.1 Å². The molecule has 0 amide bonds. The van der Waals surface area contributed by atoms with E-state index in [2.05, 4.69) is 12.6 Å². The van der Waals surface area contributed by atoms with Gasteiger partial charge in [-0.1, -0.05) is 13.0 Å². The van der Waals surface area contributed by atoms with Gasteiger partial charge in [0.2, 0.25) is 0 Å². The van der Waals surface area contributed by atoms with Crippen molar-refractivity contribution in [1.29, 1.82) is 0 Å². The second-order valence-corrected chi connectivity index (χ2v) is 2.93. The van der Waals surface area contributed by atoms with Crippen LogP contribution in [0.2, 0.25) is 0 Å². The second-order valence-electron chi connectivity index (χ2n) is 2.93. The molecular formula is C10H16N4. The molecule has 4 heteroatoms. The van der Waals surface area contributed by atoms with Gasteiger partial charge in [0.25, 0.3) is 0 Å². The van der Waals surface area contributed by atoms with Crippen molar-refractivity contribution in [3.05, 3.63) is 35.4 Å². The molecule has 0 bridgehead atoms. The highest BCUT2D eigenvalue weighted by Crippen LogP contribution is 2.07. The molecule has 0 fully saturated rings. The smallest absolute Gasteiger partial charge is 0.0799 e. The molecule has 0 aromatic carbocycles. The Labute approximate surface area is 84.7 Å². The van der Waals surface area contributed by atoms with Gasteiger partial charge in [0, 0.05) is 19.3 Å². The molecule has 0 radical (unpaired) electrons. The standard InChI is InChI=1S/C10H16N4/c1-5-14(4)6-8(11)10(13)9(12)7(2)3/h1,6H,2,11-13H2,3-4H3/b8-6+,10-9-. The molecule has 0 saturated heterocycles. The Morgan fingerprint density at radius 3 is 2.21 bits per heavy atom. The Bertz CT molecular complexity index is 331. The molecule has 0 unspecified atom stereocenters. The van der Waals surface area contributed by atoms with Crippen LogP contribution >= 0.6 is 0 Å². The van der Waals surface area contributed by atoms with Crippen LogP contribution in [0.1, 0.15) is 6.92 Å². The summed E-state index contributed by atoms with van der Waals surface area (Å²) >= 11 is 0. The van der Waals surface area contributed by atoms with E-state index < -0.39 is 0 Å². The predicted molar refractivity (Wildman–Crippen MR) is 59.1 cm³/mol. The molecule has 14 heavy (non-hydrogen) atoms. The summed E-state index contributed by atoms with van der Waals surface area (Å²) < 4.78 is 0. The van der Waals surface area contributed by atoms with E-state index in [9.17, 15) is 0 Å². The Kier molecular flexibility index (Phi) is 4.17. The number of allylic oxidation sites excluding steroid dienone is 1. The van der Waals surface area contributed by atoms with Crippen molar-refractivity contribution >= 4 is 0 Å². The first-order chi connectivity index (χ1) is 6.40. The van der Waals surface area contributed by atoms with Crippen LogP contribution < -0.4 is 17.2 Å². The lowest BCUT2D eigenvalue weighted by molar-refractivity contribution is 0.655. The summed E-state index contributed by atoms with van der Waals surface area (Å²) in [5, 5.41) is 0. The molecule has 6 N–H and O–H groups in total. The van der Waals surface area contributed by atoms with E-state index in [-0.39, 0.29) is 0 Å². The van der Waals surface area contributed by atoms with Crippen molar-refractivity contribution in [2.24, 2.45) is 17.2 Å². The van der Waals surface area contributed by atoms with Crippen LogP contribution in [-0.2, 0) is 0 Å². The molecule has 0 heterocycles. The number of nitrogens with zero attached hydrogens (tertiary/aromatic N) is 1. The topological polar surface area (TPSA) is 81.3 Å². The molecule has 0 aromatic rings. The van der Waals surface area contributed by atoms with Crippen LogP contribution in [0.3, 0.4) is 0 Å². The third-order valence-corrected chi connectivity index (χ3v) is 1.60. The van der Waals surface area contributed by atoms with E-state index in [4.69, 9.17) is 23.6 Å². The molecule has 0 atom stereocenters. The minimum atomic E-state index is 0.291. The summed E-state index contributed by atoms with van der Waals surface area (Å²) in [5.74, 6) is 0. The first-order valence-electron chi connectivity index (χ1n) is 3.98. The molecule has 0 spiro atoms. The number of hydrogen-bond donors (Lipinski definition) is 3. The SMILES string of the molecule is C#CN(C)/C=C(N)\C(N)=C(\N)C(=C)C. The molecule has 0 aliphatic heterocycles. The predicted octanol–water partition coefficient (Wildman–Crippen LogP) is 0.0141. The summed E-state index contributed by atoms with van der Waals surface area (Å²) in [4.78, 5) is 1.45. The van der Waals surface area contributed by atoms with E-state index in [0.717, 1.165) is 0 Å². The fourth-order valence-corrected chi connectivity index (χ4v) is 0.701. The minimum Gasteiger partial charge on any atom is -0.397 e. The normalized spacial score (nSPS) is 12.8. The van der Waals surface area contributed by atoms with Gasteiger partial charge in [-0.3, -0.25) is 0 Å². The molecule has 0 aromatic heterocycles. The zero-order valence-corrected chi connectivity index (χ0v) is 8.54. The summed E-state index contributed by atoms with van der Waals surface area (Å²) in [6.07, 6.45) is 6.65. The highest BCUT2D eigenvalue weighted by Gasteiger charge is 2.03. The minimum absolute atomic E-state index is 0.291. The van der Waals surface area contributed by atoms with Crippen LogP contribution in [0.15, 0.2) is 35.4 Å². The highest BCUT2D eigenvalue weighted by molar-refractivity contribution is 5.37. The quantitative estimate of drug-likeness (QED) is 0.334. The van der Waals surface area contributed by atoms with Gasteiger partial charge in [-0.05, 0) is 12.5 Å². The average molecular weight is 192 g/mol. The van der Waals surface area contributed by atoms with Crippen molar-refractivity contribution < 1.29 is 0 Å². The number of rotatable bonds is 3. The van der Waals surface area contributed by atoms with Gasteiger partial charge in [0.05, 0.1) is 17.1 Å². The zero-order valence-electron chi connectivity index (χ0n) is 8.54. The van der Waals surface area contributed by atoms with Gasteiger partial charge in [-0.15, -0.1) is 0 Å². The maximum Gasteiger partial charge on any atom is 0.0799 e. The summed E-state index contributed by atoms with van der Waals surface area (Å²) in [6.45, 7) is 5.41. The van der Waals surface area contributed by atoms with Crippen molar-refractivity contribution in [2.75, 3.05) is 7.05 Å². The Hall–Kier alpha value is -2.02. The Morgan fingerprint density at radius 1 is 1.36 bits per heavy atom. The first kappa shape index (κ1) is 12.0. The summed E-state index contributed by atoms with van der Waals surface area (Å²) in [6, 6.07) is 2.35. The Balaban J connectivity index is 4.98. The van der Waals surface area contributed by atoms with Crippen molar-refractivity contribution in [3.8, 4) is 12.5 Å². The lowest BCUT2D eigenvalue weighted by atomic mass is 10.2. The fourth-order valence-electron chi connectivity index (χ4n) is 0.701. The van der Waals surface area contributed by atoms with E-state index in [0.29, 0.717) is 22.7 Å². The zero-order chi connectivity index (χ0) is 11.3. The average Bonchev–Trinajstić information content (AvgIpc) is 2.14.